The molecule has 0 aliphatic heterocycles. The molecule has 0 spiro atoms. The topological polar surface area (TPSA) is 29.5 Å². The van der Waals surface area contributed by atoms with E-state index in [-0.39, 0.29) is 11.7 Å². The third kappa shape index (κ3) is 3.66. The first-order valence-corrected chi connectivity index (χ1v) is 6.89. The Labute approximate surface area is 116 Å². The SMILES string of the molecule is CCC1CCCC1(O)Cc1ccc(OC(F)(F)F)cc1. The standard InChI is InChI=1S/C15H19F3O2/c1-2-12-4-3-9-14(12,19)10-11-5-7-13(8-6-11)20-15(16,17)18/h5-8,12,19H,2-4,9-10H2,1H3. The normalized spacial score (nSPS) is 26.8. The van der Waals surface area contributed by atoms with Crippen LogP contribution in [0.5, 0.6) is 5.75 Å². The van der Waals surface area contributed by atoms with Gasteiger partial charge >= 0.3 is 6.36 Å². The lowest BCUT2D eigenvalue weighted by atomic mass is 9.83. The summed E-state index contributed by atoms with van der Waals surface area (Å²) in [6.07, 6.45) is -0.485. The zero-order valence-corrected chi connectivity index (χ0v) is 11.4. The first-order valence-electron chi connectivity index (χ1n) is 6.89. The summed E-state index contributed by atoms with van der Waals surface area (Å²) in [5.74, 6) is 0.0419. The summed E-state index contributed by atoms with van der Waals surface area (Å²) in [6.45, 7) is 2.06. The smallest absolute Gasteiger partial charge is 0.406 e. The summed E-state index contributed by atoms with van der Waals surface area (Å²) in [5, 5.41) is 10.6. The highest BCUT2D eigenvalue weighted by atomic mass is 19.4. The number of hydrogen-bond donors (Lipinski definition) is 1. The van der Waals surface area contributed by atoms with Gasteiger partial charge in [-0.1, -0.05) is 31.9 Å². The predicted octanol–water partition coefficient (Wildman–Crippen LogP) is 4.07. The first kappa shape index (κ1) is 15.2. The van der Waals surface area contributed by atoms with Crippen LogP contribution in [-0.4, -0.2) is 17.1 Å². The van der Waals surface area contributed by atoms with E-state index in [0.29, 0.717) is 6.42 Å². The molecule has 1 aromatic carbocycles. The van der Waals surface area contributed by atoms with Crippen molar-refractivity contribution in [2.75, 3.05) is 0 Å². The third-order valence-electron chi connectivity index (χ3n) is 4.08. The molecule has 0 heterocycles. The summed E-state index contributed by atoms with van der Waals surface area (Å²) in [6, 6.07) is 5.76. The van der Waals surface area contributed by atoms with Gasteiger partial charge in [0.05, 0.1) is 5.60 Å². The maximum absolute atomic E-state index is 12.1. The van der Waals surface area contributed by atoms with Gasteiger partial charge in [0.25, 0.3) is 0 Å². The Kier molecular flexibility index (Phi) is 4.28. The molecule has 2 unspecified atom stereocenters. The second-order valence-corrected chi connectivity index (χ2v) is 5.47. The number of rotatable bonds is 4. The van der Waals surface area contributed by atoms with Crippen molar-refractivity contribution in [3.05, 3.63) is 29.8 Å². The maximum atomic E-state index is 12.1. The minimum absolute atomic E-state index is 0.230. The highest BCUT2D eigenvalue weighted by Crippen LogP contribution is 2.40. The van der Waals surface area contributed by atoms with Crippen LogP contribution in [0.1, 0.15) is 38.2 Å². The average molecular weight is 288 g/mol. The molecule has 0 saturated heterocycles. The van der Waals surface area contributed by atoms with Gasteiger partial charge in [0.1, 0.15) is 5.75 Å². The van der Waals surface area contributed by atoms with E-state index in [2.05, 4.69) is 11.7 Å². The Morgan fingerprint density at radius 3 is 2.50 bits per heavy atom. The average Bonchev–Trinajstić information content (AvgIpc) is 2.71. The Balaban J connectivity index is 2.04. The van der Waals surface area contributed by atoms with Gasteiger partial charge < -0.3 is 9.84 Å². The van der Waals surface area contributed by atoms with Crippen LogP contribution in [0.2, 0.25) is 0 Å². The number of aliphatic hydroxyl groups is 1. The van der Waals surface area contributed by atoms with Crippen LogP contribution in [-0.2, 0) is 6.42 Å². The second-order valence-electron chi connectivity index (χ2n) is 5.47. The van der Waals surface area contributed by atoms with Crippen LogP contribution in [0.15, 0.2) is 24.3 Å². The summed E-state index contributed by atoms with van der Waals surface area (Å²) in [5.41, 5.74) is 0.114. The molecule has 1 fully saturated rings. The van der Waals surface area contributed by atoms with Gasteiger partial charge in [0.2, 0.25) is 0 Å². The molecule has 1 aliphatic rings. The van der Waals surface area contributed by atoms with E-state index >= 15 is 0 Å². The molecule has 1 aromatic rings. The van der Waals surface area contributed by atoms with Crippen LogP contribution in [0, 0.1) is 5.92 Å². The quantitative estimate of drug-likeness (QED) is 0.905. The molecule has 2 rings (SSSR count). The van der Waals surface area contributed by atoms with Crippen LogP contribution < -0.4 is 4.74 Å². The summed E-state index contributed by atoms with van der Waals surface area (Å²) in [4.78, 5) is 0. The van der Waals surface area contributed by atoms with Gasteiger partial charge in [-0.25, -0.2) is 0 Å². The van der Waals surface area contributed by atoms with Crippen LogP contribution >= 0.6 is 0 Å². The first-order chi connectivity index (χ1) is 9.32. The molecule has 2 atom stereocenters. The molecular weight excluding hydrogens is 269 g/mol. The molecule has 1 saturated carbocycles. The van der Waals surface area contributed by atoms with Crippen molar-refractivity contribution >= 4 is 0 Å². The van der Waals surface area contributed by atoms with Gasteiger partial charge in [0, 0.05) is 6.42 Å². The Hall–Kier alpha value is -1.23. The van der Waals surface area contributed by atoms with Gasteiger partial charge in [0.15, 0.2) is 0 Å². The molecule has 0 aromatic heterocycles. The lowest BCUT2D eigenvalue weighted by Gasteiger charge is -2.29. The van der Waals surface area contributed by atoms with E-state index in [0.717, 1.165) is 31.2 Å². The van der Waals surface area contributed by atoms with E-state index in [4.69, 9.17) is 0 Å². The van der Waals surface area contributed by atoms with Crippen molar-refractivity contribution in [1.82, 2.24) is 0 Å². The van der Waals surface area contributed by atoms with Crippen molar-refractivity contribution < 1.29 is 23.0 Å². The lowest BCUT2D eigenvalue weighted by molar-refractivity contribution is -0.274. The summed E-state index contributed by atoms with van der Waals surface area (Å²) >= 11 is 0. The monoisotopic (exact) mass is 288 g/mol. The number of hydrogen-bond acceptors (Lipinski definition) is 2. The Bertz CT molecular complexity index is 441. The molecule has 1 aliphatic carbocycles. The predicted molar refractivity (Wildman–Crippen MR) is 69.4 cm³/mol. The van der Waals surface area contributed by atoms with Crippen molar-refractivity contribution in [2.24, 2.45) is 5.92 Å². The van der Waals surface area contributed by atoms with E-state index in [1.54, 1.807) is 12.1 Å². The fourth-order valence-electron chi connectivity index (χ4n) is 3.11. The number of alkyl halides is 3. The largest absolute Gasteiger partial charge is 0.573 e. The third-order valence-corrected chi connectivity index (χ3v) is 4.08. The van der Waals surface area contributed by atoms with E-state index in [1.165, 1.54) is 12.1 Å². The highest BCUT2D eigenvalue weighted by Gasteiger charge is 2.39. The fraction of sp³-hybridized carbons (Fsp3) is 0.600. The van der Waals surface area contributed by atoms with Gasteiger partial charge in [-0.3, -0.25) is 0 Å². The van der Waals surface area contributed by atoms with E-state index in [9.17, 15) is 18.3 Å². The van der Waals surface area contributed by atoms with Crippen molar-refractivity contribution in [3.63, 3.8) is 0 Å². The summed E-state index contributed by atoms with van der Waals surface area (Å²) in [7, 11) is 0. The van der Waals surface area contributed by atoms with Crippen molar-refractivity contribution in [2.45, 2.75) is 51.0 Å². The molecule has 0 bridgehead atoms. The van der Waals surface area contributed by atoms with Gasteiger partial charge in [-0.15, -0.1) is 13.2 Å². The van der Waals surface area contributed by atoms with Crippen LogP contribution in [0.4, 0.5) is 13.2 Å². The van der Waals surface area contributed by atoms with Crippen molar-refractivity contribution in [1.29, 1.82) is 0 Å². The van der Waals surface area contributed by atoms with E-state index in [1.807, 2.05) is 0 Å². The number of ether oxygens (including phenoxy) is 1. The van der Waals surface area contributed by atoms with Gasteiger partial charge in [-0.05, 0) is 36.5 Å². The molecule has 0 amide bonds. The molecular formula is C15H19F3O2. The molecule has 0 radical (unpaired) electrons. The summed E-state index contributed by atoms with van der Waals surface area (Å²) < 4.78 is 40.0. The Morgan fingerprint density at radius 2 is 1.95 bits per heavy atom. The van der Waals surface area contributed by atoms with Crippen LogP contribution in [0.25, 0.3) is 0 Å². The molecule has 2 nitrogen and oxygen atoms in total. The van der Waals surface area contributed by atoms with Gasteiger partial charge in [-0.2, -0.15) is 0 Å². The highest BCUT2D eigenvalue weighted by molar-refractivity contribution is 5.28. The van der Waals surface area contributed by atoms with Crippen LogP contribution in [0.3, 0.4) is 0 Å². The second kappa shape index (κ2) is 5.64. The lowest BCUT2D eigenvalue weighted by Crippen LogP contribution is -2.35. The molecule has 1 N–H and O–H groups in total. The minimum atomic E-state index is -4.67. The number of benzene rings is 1. The number of halogens is 3. The fourth-order valence-corrected chi connectivity index (χ4v) is 3.11. The minimum Gasteiger partial charge on any atom is -0.406 e. The maximum Gasteiger partial charge on any atom is 0.573 e. The molecule has 20 heavy (non-hydrogen) atoms. The molecule has 5 heteroatoms. The zero-order chi connectivity index (χ0) is 14.8. The Morgan fingerprint density at radius 1 is 1.30 bits per heavy atom. The zero-order valence-electron chi connectivity index (χ0n) is 11.4. The van der Waals surface area contributed by atoms with E-state index < -0.39 is 12.0 Å². The van der Waals surface area contributed by atoms with Crippen molar-refractivity contribution in [3.8, 4) is 5.75 Å². The molecule has 112 valence electrons.